The molecule has 0 aliphatic carbocycles. The van der Waals surface area contributed by atoms with E-state index in [4.69, 9.17) is 0 Å². The Morgan fingerprint density at radius 3 is 2.59 bits per heavy atom. The van der Waals surface area contributed by atoms with Gasteiger partial charge in [-0.15, -0.1) is 6.58 Å². The van der Waals surface area contributed by atoms with E-state index in [9.17, 15) is 8.42 Å². The number of unbranched alkanes of at least 4 members (excludes halogenated alkanes) is 1. The molecule has 1 unspecified atom stereocenters. The van der Waals surface area contributed by atoms with Crippen LogP contribution in [0.4, 0.5) is 0 Å². The minimum atomic E-state index is -3.44. The second-order valence-corrected chi connectivity index (χ2v) is 7.78. The predicted molar refractivity (Wildman–Crippen MR) is 91.3 cm³/mol. The van der Waals surface area contributed by atoms with Gasteiger partial charge in [0.15, 0.2) is 0 Å². The molecule has 1 aliphatic rings. The maximum atomic E-state index is 12.9. The molecule has 0 spiro atoms. The molecule has 0 amide bonds. The van der Waals surface area contributed by atoms with Gasteiger partial charge in [0.25, 0.3) is 0 Å². The van der Waals surface area contributed by atoms with Gasteiger partial charge in [0.2, 0.25) is 10.0 Å². The maximum Gasteiger partial charge on any atom is 0.243 e. The first-order valence-corrected chi connectivity index (χ1v) is 9.32. The van der Waals surface area contributed by atoms with Crippen molar-refractivity contribution in [1.29, 1.82) is 0 Å². The van der Waals surface area contributed by atoms with Crippen molar-refractivity contribution in [3.63, 3.8) is 0 Å². The van der Waals surface area contributed by atoms with E-state index in [0.717, 1.165) is 36.8 Å². The summed E-state index contributed by atoms with van der Waals surface area (Å²) in [5, 5.41) is 0. The molecule has 0 saturated carbocycles. The number of rotatable bonds is 7. The van der Waals surface area contributed by atoms with Gasteiger partial charge in [0.1, 0.15) is 0 Å². The van der Waals surface area contributed by atoms with Crippen molar-refractivity contribution >= 4 is 10.0 Å². The summed E-state index contributed by atoms with van der Waals surface area (Å²) < 4.78 is 27.5. The highest BCUT2D eigenvalue weighted by Gasteiger charge is 2.34. The minimum absolute atomic E-state index is 0.0267. The SMILES string of the molecule is C=CCC1=CC(CCCC)N(S(=O)(=O)c2ccc(C)cc2)C1. The zero-order chi connectivity index (χ0) is 16.2. The van der Waals surface area contributed by atoms with E-state index in [0.29, 0.717) is 11.4 Å². The molecule has 0 bridgehead atoms. The molecule has 1 aromatic rings. The van der Waals surface area contributed by atoms with Gasteiger partial charge >= 0.3 is 0 Å². The number of allylic oxidation sites excluding steroid dienone is 1. The Kier molecular flexibility index (Phi) is 5.59. The van der Waals surface area contributed by atoms with E-state index in [1.54, 1.807) is 16.4 Å². The zero-order valence-electron chi connectivity index (χ0n) is 13.5. The van der Waals surface area contributed by atoms with Gasteiger partial charge in [-0.1, -0.05) is 55.2 Å². The van der Waals surface area contributed by atoms with Crippen molar-refractivity contribution in [2.45, 2.75) is 50.5 Å². The fourth-order valence-electron chi connectivity index (χ4n) is 2.79. The van der Waals surface area contributed by atoms with E-state index >= 15 is 0 Å². The summed E-state index contributed by atoms with van der Waals surface area (Å²) in [5.74, 6) is 0. The number of hydrogen-bond donors (Lipinski definition) is 0. The Bertz CT molecular complexity index is 644. The molecular weight excluding hydrogens is 294 g/mol. The number of nitrogens with zero attached hydrogens (tertiary/aromatic N) is 1. The van der Waals surface area contributed by atoms with Gasteiger partial charge in [0.05, 0.1) is 4.90 Å². The fraction of sp³-hybridized carbons (Fsp3) is 0.444. The molecule has 1 aromatic carbocycles. The Morgan fingerprint density at radius 1 is 1.32 bits per heavy atom. The highest BCUT2D eigenvalue weighted by atomic mass is 32.2. The van der Waals surface area contributed by atoms with Crippen LogP contribution < -0.4 is 0 Å². The van der Waals surface area contributed by atoms with Gasteiger partial charge in [-0.3, -0.25) is 0 Å². The van der Waals surface area contributed by atoms with Crippen LogP contribution >= 0.6 is 0 Å². The molecular formula is C18H25NO2S. The molecule has 4 heteroatoms. The first-order valence-electron chi connectivity index (χ1n) is 7.88. The van der Waals surface area contributed by atoms with Gasteiger partial charge in [-0.25, -0.2) is 8.42 Å². The molecule has 1 atom stereocenters. The van der Waals surface area contributed by atoms with E-state index in [1.807, 2.05) is 25.1 Å². The molecule has 22 heavy (non-hydrogen) atoms. The minimum Gasteiger partial charge on any atom is -0.207 e. The van der Waals surface area contributed by atoms with Gasteiger partial charge in [-0.2, -0.15) is 4.31 Å². The lowest BCUT2D eigenvalue weighted by Gasteiger charge is -2.24. The van der Waals surface area contributed by atoms with Crippen LogP contribution in [0.15, 0.2) is 53.5 Å². The Balaban J connectivity index is 2.27. The van der Waals surface area contributed by atoms with E-state index in [-0.39, 0.29) is 6.04 Å². The van der Waals surface area contributed by atoms with Crippen molar-refractivity contribution in [3.8, 4) is 0 Å². The largest absolute Gasteiger partial charge is 0.243 e. The number of aryl methyl sites for hydroxylation is 1. The van der Waals surface area contributed by atoms with E-state index < -0.39 is 10.0 Å². The first-order chi connectivity index (χ1) is 10.5. The second kappa shape index (κ2) is 7.25. The molecule has 1 heterocycles. The third-order valence-corrected chi connectivity index (χ3v) is 5.93. The molecule has 3 nitrogen and oxygen atoms in total. The first kappa shape index (κ1) is 17.0. The van der Waals surface area contributed by atoms with Gasteiger partial charge < -0.3 is 0 Å². The quantitative estimate of drug-likeness (QED) is 0.711. The molecule has 0 N–H and O–H groups in total. The van der Waals surface area contributed by atoms with E-state index in [1.165, 1.54) is 0 Å². The number of sulfonamides is 1. The van der Waals surface area contributed by atoms with E-state index in [2.05, 4.69) is 19.6 Å². The highest BCUT2D eigenvalue weighted by molar-refractivity contribution is 7.89. The van der Waals surface area contributed by atoms with Crippen LogP contribution in [0.2, 0.25) is 0 Å². The van der Waals surface area contributed by atoms with Crippen LogP contribution in [0.25, 0.3) is 0 Å². The number of benzene rings is 1. The van der Waals surface area contributed by atoms with Crippen molar-refractivity contribution in [2.24, 2.45) is 0 Å². The molecule has 1 aliphatic heterocycles. The standard InChI is InChI=1S/C18H25NO2S/c1-4-6-8-17-13-16(7-5-2)14-19(17)22(20,21)18-11-9-15(3)10-12-18/h5,9-13,17H,2,4,6-8,14H2,1,3H3. The topological polar surface area (TPSA) is 37.4 Å². The molecule has 0 fully saturated rings. The predicted octanol–water partition coefficient (Wildman–Crippen LogP) is 4.06. The van der Waals surface area contributed by atoms with Crippen LogP contribution in [0.3, 0.4) is 0 Å². The third kappa shape index (κ3) is 3.68. The molecule has 2 rings (SSSR count). The summed E-state index contributed by atoms with van der Waals surface area (Å²) in [6, 6.07) is 7.07. The average molecular weight is 319 g/mol. The van der Waals surface area contributed by atoms with Crippen molar-refractivity contribution in [2.75, 3.05) is 6.54 Å². The summed E-state index contributed by atoms with van der Waals surface area (Å²) in [4.78, 5) is 0.382. The summed E-state index contributed by atoms with van der Waals surface area (Å²) in [6.07, 6.45) is 7.68. The summed E-state index contributed by atoms with van der Waals surface area (Å²) in [6.45, 7) is 8.33. The molecule has 0 radical (unpaired) electrons. The lowest BCUT2D eigenvalue weighted by molar-refractivity contribution is 0.384. The summed E-state index contributed by atoms with van der Waals surface area (Å²) in [7, 11) is -3.44. The highest BCUT2D eigenvalue weighted by Crippen LogP contribution is 2.29. The Labute approximate surface area is 134 Å². The normalized spacial score (nSPS) is 19.2. The second-order valence-electron chi connectivity index (χ2n) is 5.89. The van der Waals surface area contributed by atoms with Gasteiger partial charge in [-0.05, 0) is 31.9 Å². The summed E-state index contributed by atoms with van der Waals surface area (Å²) >= 11 is 0. The summed E-state index contributed by atoms with van der Waals surface area (Å²) in [5.41, 5.74) is 2.21. The average Bonchev–Trinajstić information content (AvgIpc) is 2.90. The monoisotopic (exact) mass is 319 g/mol. The lowest BCUT2D eigenvalue weighted by Crippen LogP contribution is -2.36. The van der Waals surface area contributed by atoms with Crippen LogP contribution in [-0.2, 0) is 10.0 Å². The van der Waals surface area contributed by atoms with Crippen LogP contribution in [-0.4, -0.2) is 25.3 Å². The smallest absolute Gasteiger partial charge is 0.207 e. The van der Waals surface area contributed by atoms with Gasteiger partial charge in [0, 0.05) is 12.6 Å². The van der Waals surface area contributed by atoms with Crippen LogP contribution in [0, 0.1) is 6.92 Å². The van der Waals surface area contributed by atoms with Crippen LogP contribution in [0.5, 0.6) is 0 Å². The Morgan fingerprint density at radius 2 is 2.00 bits per heavy atom. The lowest BCUT2D eigenvalue weighted by atomic mass is 10.1. The van der Waals surface area contributed by atoms with Crippen molar-refractivity contribution in [1.82, 2.24) is 4.31 Å². The Hall–Kier alpha value is -1.39. The van der Waals surface area contributed by atoms with Crippen LogP contribution in [0.1, 0.15) is 38.2 Å². The van der Waals surface area contributed by atoms with Crippen molar-refractivity contribution < 1.29 is 8.42 Å². The van der Waals surface area contributed by atoms with Crippen molar-refractivity contribution in [3.05, 3.63) is 54.1 Å². The maximum absolute atomic E-state index is 12.9. The zero-order valence-corrected chi connectivity index (χ0v) is 14.3. The molecule has 0 aromatic heterocycles. The number of hydrogen-bond acceptors (Lipinski definition) is 2. The third-order valence-electron chi connectivity index (χ3n) is 4.04. The molecule has 120 valence electrons. The fourth-order valence-corrected chi connectivity index (χ4v) is 4.40. The molecule has 0 saturated heterocycles.